The Bertz CT molecular complexity index is 1630. The molecule has 4 heterocycles. The number of nitrogens with zero attached hydrogens (tertiary/aromatic N) is 4. The molecule has 0 unspecified atom stereocenters. The van der Waals surface area contributed by atoms with Crippen LogP contribution in [0.15, 0.2) is 91.4 Å². The summed E-state index contributed by atoms with van der Waals surface area (Å²) in [5.41, 5.74) is 5.64. The molecule has 0 saturated carbocycles. The second-order valence-electron chi connectivity index (χ2n) is 7.92. The van der Waals surface area contributed by atoms with E-state index in [2.05, 4.69) is 45.7 Å². The molecule has 0 amide bonds. The number of pyridine rings is 3. The van der Waals surface area contributed by atoms with Crippen molar-refractivity contribution in [2.24, 2.45) is 0 Å². The van der Waals surface area contributed by atoms with Gasteiger partial charge >= 0.3 is 21.1 Å². The number of fused-ring (bicyclic) bond motifs is 3. The predicted molar refractivity (Wildman–Crippen MR) is 133 cm³/mol. The average Bonchev–Trinajstić information content (AvgIpc) is 3.23. The number of aryl methyl sites for hydroxylation is 1. The number of rotatable bonds is 5. The fourth-order valence-corrected chi connectivity index (χ4v) is 4.12. The van der Waals surface area contributed by atoms with Crippen molar-refractivity contribution in [3.8, 4) is 28.6 Å². The molecule has 0 saturated heterocycles. The fourth-order valence-electron chi connectivity index (χ4n) is 4.12. The van der Waals surface area contributed by atoms with Crippen molar-refractivity contribution in [1.29, 1.82) is 0 Å². The van der Waals surface area contributed by atoms with Crippen LogP contribution in [0.1, 0.15) is 12.5 Å². The molecule has 2 aromatic carbocycles. The van der Waals surface area contributed by atoms with Crippen LogP contribution in [0.5, 0.6) is 11.6 Å². The molecule has 35 heavy (non-hydrogen) atoms. The van der Waals surface area contributed by atoms with Crippen molar-refractivity contribution in [1.82, 2.24) is 19.5 Å². The summed E-state index contributed by atoms with van der Waals surface area (Å²) < 4.78 is 8.09. The molecular formula is C29H20N4OPt. The molecule has 0 radical (unpaired) electrons. The first-order valence-electron chi connectivity index (χ1n) is 11.2. The Morgan fingerprint density at radius 1 is 0.829 bits per heavy atom. The summed E-state index contributed by atoms with van der Waals surface area (Å²) in [5, 5.41) is 1.06. The van der Waals surface area contributed by atoms with Gasteiger partial charge in [-0.1, -0.05) is 37.4 Å². The Hall–Kier alpha value is -3.82. The van der Waals surface area contributed by atoms with Gasteiger partial charge in [0, 0.05) is 35.2 Å². The summed E-state index contributed by atoms with van der Waals surface area (Å²) in [6.45, 7) is 2.11. The van der Waals surface area contributed by atoms with Gasteiger partial charge in [0.25, 0.3) is 0 Å². The van der Waals surface area contributed by atoms with Crippen molar-refractivity contribution < 1.29 is 25.8 Å². The quantitative estimate of drug-likeness (QED) is 0.201. The maximum absolute atomic E-state index is 6.00. The molecule has 0 atom stereocenters. The average molecular weight is 636 g/mol. The van der Waals surface area contributed by atoms with E-state index >= 15 is 0 Å². The monoisotopic (exact) mass is 635 g/mol. The van der Waals surface area contributed by atoms with Crippen molar-refractivity contribution in [3.05, 3.63) is 109 Å². The molecular weight excluding hydrogens is 615 g/mol. The number of ether oxygens (including phenoxy) is 1. The Morgan fingerprint density at radius 2 is 1.71 bits per heavy atom. The van der Waals surface area contributed by atoms with Crippen molar-refractivity contribution in [2.75, 3.05) is 0 Å². The number of hydrogen-bond acceptors (Lipinski definition) is 4. The van der Waals surface area contributed by atoms with Crippen LogP contribution < -0.4 is 4.74 Å². The van der Waals surface area contributed by atoms with E-state index < -0.39 is 0 Å². The normalized spacial score (nSPS) is 10.9. The summed E-state index contributed by atoms with van der Waals surface area (Å²) in [4.78, 5) is 13.7. The Morgan fingerprint density at radius 3 is 2.57 bits per heavy atom. The molecule has 0 aliphatic rings. The summed E-state index contributed by atoms with van der Waals surface area (Å²) in [6, 6.07) is 30.7. The second-order valence-corrected chi connectivity index (χ2v) is 7.92. The fraction of sp³-hybridized carbons (Fsp3) is 0.0690. The van der Waals surface area contributed by atoms with Gasteiger partial charge in [-0.2, -0.15) is 18.2 Å². The summed E-state index contributed by atoms with van der Waals surface area (Å²) in [5.74, 6) is 1.98. The molecule has 0 spiro atoms. The van der Waals surface area contributed by atoms with E-state index in [1.54, 1.807) is 12.4 Å². The Labute approximate surface area is 217 Å². The number of aromatic nitrogens is 4. The molecule has 0 bridgehead atoms. The van der Waals surface area contributed by atoms with Crippen LogP contribution in [0.25, 0.3) is 38.9 Å². The third-order valence-corrected chi connectivity index (χ3v) is 5.78. The maximum atomic E-state index is 6.00. The summed E-state index contributed by atoms with van der Waals surface area (Å²) in [6.07, 6.45) is 6.32. The van der Waals surface area contributed by atoms with Crippen LogP contribution in [0.3, 0.4) is 0 Å². The largest absolute Gasteiger partial charge is 2.00 e. The van der Waals surface area contributed by atoms with E-state index in [0.717, 1.165) is 45.3 Å². The third kappa shape index (κ3) is 4.35. The van der Waals surface area contributed by atoms with E-state index in [0.29, 0.717) is 11.6 Å². The van der Waals surface area contributed by atoms with Gasteiger partial charge < -0.3 is 14.3 Å². The van der Waals surface area contributed by atoms with Crippen molar-refractivity contribution >= 4 is 21.9 Å². The van der Waals surface area contributed by atoms with Gasteiger partial charge in [0.1, 0.15) is 5.82 Å². The zero-order chi connectivity index (χ0) is 22.9. The molecule has 6 aromatic rings. The van der Waals surface area contributed by atoms with Gasteiger partial charge in [-0.3, -0.25) is 0 Å². The minimum atomic E-state index is 0. The van der Waals surface area contributed by atoms with E-state index in [4.69, 9.17) is 9.72 Å². The van der Waals surface area contributed by atoms with Gasteiger partial charge in [-0.05, 0) is 47.2 Å². The van der Waals surface area contributed by atoms with E-state index in [1.165, 1.54) is 5.56 Å². The first kappa shape index (κ1) is 22.9. The smallest absolute Gasteiger partial charge is 0.460 e. The number of hydrogen-bond donors (Lipinski definition) is 0. The molecule has 0 aliphatic heterocycles. The topological polar surface area (TPSA) is 52.8 Å². The summed E-state index contributed by atoms with van der Waals surface area (Å²) >= 11 is 0. The van der Waals surface area contributed by atoms with Gasteiger partial charge in [0.2, 0.25) is 5.88 Å². The summed E-state index contributed by atoms with van der Waals surface area (Å²) in [7, 11) is 0. The standard InChI is InChI=1S/C29H20N4O.Pt/c1-2-20-13-15-31-28(16-20)34-23-9-7-8-21(17-23)22-18-26-29(32-19-22)24-10-3-4-11-25(24)33(26)27-12-5-6-14-30-27;/h3-16,19H,2H2,1H3;/q-2;+2. The van der Waals surface area contributed by atoms with E-state index in [9.17, 15) is 0 Å². The molecule has 0 N–H and O–H groups in total. The molecule has 0 aliphatic carbocycles. The van der Waals surface area contributed by atoms with E-state index in [1.807, 2.05) is 66.9 Å². The Balaban J connectivity index is 0.00000253. The second kappa shape index (κ2) is 9.81. The third-order valence-electron chi connectivity index (χ3n) is 5.78. The zero-order valence-corrected chi connectivity index (χ0v) is 21.2. The molecule has 5 nitrogen and oxygen atoms in total. The van der Waals surface area contributed by atoms with Crippen LogP contribution in [-0.4, -0.2) is 19.5 Å². The Kier molecular flexibility index (Phi) is 6.43. The predicted octanol–water partition coefficient (Wildman–Crippen LogP) is 6.59. The first-order chi connectivity index (χ1) is 16.8. The first-order valence-corrected chi connectivity index (χ1v) is 11.2. The van der Waals surface area contributed by atoms with Gasteiger partial charge in [0.15, 0.2) is 0 Å². The number of para-hydroxylation sites is 1. The van der Waals surface area contributed by atoms with Crippen LogP contribution in [0.2, 0.25) is 0 Å². The molecule has 6 heteroatoms. The van der Waals surface area contributed by atoms with Gasteiger partial charge in [0.05, 0.1) is 0 Å². The zero-order valence-electron chi connectivity index (χ0n) is 18.9. The minimum Gasteiger partial charge on any atom is -0.460 e. The van der Waals surface area contributed by atoms with Crippen molar-refractivity contribution in [2.45, 2.75) is 13.3 Å². The van der Waals surface area contributed by atoms with Crippen LogP contribution in [0.4, 0.5) is 0 Å². The van der Waals surface area contributed by atoms with Crippen LogP contribution >= 0.6 is 0 Å². The van der Waals surface area contributed by atoms with Crippen LogP contribution in [-0.2, 0) is 27.5 Å². The van der Waals surface area contributed by atoms with Gasteiger partial charge in [-0.25, -0.2) is 21.1 Å². The molecule has 0 fully saturated rings. The van der Waals surface area contributed by atoms with Crippen LogP contribution in [0, 0.1) is 12.1 Å². The minimum absolute atomic E-state index is 0. The van der Waals surface area contributed by atoms with Gasteiger partial charge in [-0.15, -0.1) is 12.1 Å². The molecule has 4 aromatic heterocycles. The number of benzene rings is 2. The van der Waals surface area contributed by atoms with E-state index in [-0.39, 0.29) is 21.1 Å². The van der Waals surface area contributed by atoms with Crippen molar-refractivity contribution in [3.63, 3.8) is 0 Å². The molecule has 172 valence electrons. The SMILES string of the molecule is CCc1ccnc(Oc2[c-]c(-c3[c-]c4c(nc3)c3ccccc3n4-c3ccccn3)ccc2)c1.[Pt+2]. The maximum Gasteiger partial charge on any atom is 2.00 e. The molecule has 6 rings (SSSR count).